The van der Waals surface area contributed by atoms with E-state index in [2.05, 4.69) is 23.8 Å². The zero-order valence-electron chi connectivity index (χ0n) is 8.95. The van der Waals surface area contributed by atoms with Gasteiger partial charge in [-0.25, -0.2) is 9.59 Å². The first-order valence-corrected chi connectivity index (χ1v) is 4.90. The van der Waals surface area contributed by atoms with Crippen LogP contribution < -0.4 is 0 Å². The van der Waals surface area contributed by atoms with Gasteiger partial charge in [-0.05, 0) is 0 Å². The minimum atomic E-state index is -0.160. The average Bonchev–Trinajstić information content (AvgIpc) is 2.21. The molecule has 0 aromatic heterocycles. The molecule has 0 fully saturated rings. The van der Waals surface area contributed by atoms with E-state index in [-0.39, 0.29) is 6.67 Å². The average molecular weight is 198 g/mol. The highest BCUT2D eigenvalue weighted by atomic mass is 16.1. The van der Waals surface area contributed by atoms with Crippen molar-refractivity contribution in [2.45, 2.75) is 46.0 Å². The van der Waals surface area contributed by atoms with Crippen LogP contribution in [0.1, 0.15) is 46.0 Å². The number of rotatable bonds is 6. The molecule has 0 heterocycles. The molecule has 0 atom stereocenters. The van der Waals surface area contributed by atoms with E-state index in [1.807, 2.05) is 0 Å². The van der Waals surface area contributed by atoms with Crippen LogP contribution in [-0.4, -0.2) is 18.8 Å². The molecule has 0 saturated heterocycles. The summed E-state index contributed by atoms with van der Waals surface area (Å²) in [5, 5.41) is 0. The first kappa shape index (κ1) is 15.2. The maximum Gasteiger partial charge on any atom is 0.236 e. The summed E-state index contributed by atoms with van der Waals surface area (Å²) in [6.45, 7) is 4.33. The molecule has 0 rings (SSSR count). The zero-order chi connectivity index (χ0) is 11.1. The molecule has 80 valence electrons. The Kier molecular flexibility index (Phi) is 19.3. The van der Waals surface area contributed by atoms with Crippen LogP contribution in [-0.2, 0) is 9.59 Å². The molecule has 0 unspecified atom stereocenters. The Hall–Kier alpha value is -1.24. The normalized spacial score (nSPS) is 7.57. The molecule has 0 aliphatic carbocycles. The second kappa shape index (κ2) is 17.7. The van der Waals surface area contributed by atoms with Gasteiger partial charge in [0, 0.05) is 0 Å². The highest BCUT2D eigenvalue weighted by Gasteiger charge is 1.80. The molecule has 0 amide bonds. The second-order valence-electron chi connectivity index (χ2n) is 2.70. The molecular weight excluding hydrogens is 180 g/mol. The van der Waals surface area contributed by atoms with Gasteiger partial charge < -0.3 is 0 Å². The van der Waals surface area contributed by atoms with Crippen molar-refractivity contribution in [2.24, 2.45) is 9.98 Å². The third-order valence-electron chi connectivity index (χ3n) is 1.48. The van der Waals surface area contributed by atoms with Gasteiger partial charge in [-0.2, -0.15) is 9.98 Å². The molecule has 0 N–H and O–H groups in total. The number of unbranched alkanes of at least 4 members (excludes halogenated alkanes) is 4. The molecular formula is C10H18N2O2. The van der Waals surface area contributed by atoms with Crippen molar-refractivity contribution in [3.8, 4) is 0 Å². The number of hydrogen-bond donors (Lipinski definition) is 0. The topological polar surface area (TPSA) is 58.9 Å². The summed E-state index contributed by atoms with van der Waals surface area (Å²) in [4.78, 5) is 24.2. The van der Waals surface area contributed by atoms with Gasteiger partial charge in [0.25, 0.3) is 0 Å². The Morgan fingerprint density at radius 2 is 1.29 bits per heavy atom. The van der Waals surface area contributed by atoms with Crippen LogP contribution in [0.2, 0.25) is 0 Å². The Labute approximate surface area is 85.1 Å². The summed E-state index contributed by atoms with van der Waals surface area (Å²) >= 11 is 0. The zero-order valence-corrected chi connectivity index (χ0v) is 8.95. The predicted octanol–water partition coefficient (Wildman–Crippen LogP) is 2.59. The third kappa shape index (κ3) is 22.4. The summed E-state index contributed by atoms with van der Waals surface area (Å²) in [6, 6.07) is 0. The van der Waals surface area contributed by atoms with E-state index in [4.69, 9.17) is 0 Å². The van der Waals surface area contributed by atoms with Crippen LogP contribution in [0.3, 0.4) is 0 Å². The van der Waals surface area contributed by atoms with Crippen molar-refractivity contribution in [3.05, 3.63) is 0 Å². The predicted molar refractivity (Wildman–Crippen MR) is 55.5 cm³/mol. The highest BCUT2D eigenvalue weighted by Crippen LogP contribution is 2.00. The minimum absolute atomic E-state index is 0.160. The van der Waals surface area contributed by atoms with Crippen LogP contribution in [0.5, 0.6) is 0 Å². The van der Waals surface area contributed by atoms with E-state index in [1.165, 1.54) is 44.3 Å². The maximum absolute atomic E-state index is 9.20. The summed E-state index contributed by atoms with van der Waals surface area (Å²) in [5.74, 6) is 0. The van der Waals surface area contributed by atoms with Crippen LogP contribution >= 0.6 is 0 Å². The Morgan fingerprint density at radius 1 is 0.857 bits per heavy atom. The summed E-state index contributed by atoms with van der Waals surface area (Å²) in [6.07, 6.45) is 9.42. The smallest absolute Gasteiger partial charge is 0.211 e. The lowest BCUT2D eigenvalue weighted by Crippen LogP contribution is -1.70. The van der Waals surface area contributed by atoms with Crippen LogP contribution in [0.4, 0.5) is 0 Å². The lowest BCUT2D eigenvalue weighted by Gasteiger charge is -1.90. The van der Waals surface area contributed by atoms with Crippen molar-refractivity contribution in [3.63, 3.8) is 0 Å². The lowest BCUT2D eigenvalue weighted by molar-refractivity contribution is 0.560. The molecule has 0 aromatic rings. The molecule has 4 heteroatoms. The number of carbonyl (C=O) groups excluding carboxylic acids is 2. The van der Waals surface area contributed by atoms with E-state index >= 15 is 0 Å². The van der Waals surface area contributed by atoms with E-state index in [0.29, 0.717) is 0 Å². The summed E-state index contributed by atoms with van der Waals surface area (Å²) in [7, 11) is 0. The first-order chi connectivity index (χ1) is 6.83. The lowest BCUT2D eigenvalue weighted by atomic mass is 10.2. The number of aliphatic imine (C=N–C) groups is 2. The summed E-state index contributed by atoms with van der Waals surface area (Å²) in [5.41, 5.74) is 0. The highest BCUT2D eigenvalue weighted by molar-refractivity contribution is 5.35. The van der Waals surface area contributed by atoms with Gasteiger partial charge >= 0.3 is 0 Å². The Balaban J connectivity index is 0. The number of isocyanates is 2. The molecule has 4 nitrogen and oxygen atoms in total. The van der Waals surface area contributed by atoms with Gasteiger partial charge in [0.15, 0.2) is 6.67 Å². The molecule has 0 saturated carbocycles. The van der Waals surface area contributed by atoms with Crippen LogP contribution in [0.15, 0.2) is 9.98 Å². The van der Waals surface area contributed by atoms with Gasteiger partial charge in [-0.3, -0.25) is 0 Å². The van der Waals surface area contributed by atoms with Crippen molar-refractivity contribution >= 4 is 12.2 Å². The van der Waals surface area contributed by atoms with Gasteiger partial charge in [0.1, 0.15) is 0 Å². The maximum atomic E-state index is 9.20. The van der Waals surface area contributed by atoms with Gasteiger partial charge in [0.05, 0.1) is 0 Å². The van der Waals surface area contributed by atoms with Gasteiger partial charge in [0.2, 0.25) is 12.2 Å². The SMILES string of the molecule is CCCCCCC.O=C=NCN=C=O. The van der Waals surface area contributed by atoms with Crippen molar-refractivity contribution in [1.82, 2.24) is 0 Å². The van der Waals surface area contributed by atoms with E-state index < -0.39 is 0 Å². The van der Waals surface area contributed by atoms with E-state index in [1.54, 1.807) is 0 Å². The Morgan fingerprint density at radius 3 is 1.57 bits per heavy atom. The first-order valence-electron chi connectivity index (χ1n) is 4.90. The van der Waals surface area contributed by atoms with Crippen LogP contribution in [0, 0.1) is 0 Å². The van der Waals surface area contributed by atoms with Crippen molar-refractivity contribution in [1.29, 1.82) is 0 Å². The monoisotopic (exact) mass is 198 g/mol. The minimum Gasteiger partial charge on any atom is -0.211 e. The van der Waals surface area contributed by atoms with Gasteiger partial charge in [-0.15, -0.1) is 0 Å². The van der Waals surface area contributed by atoms with Crippen LogP contribution in [0.25, 0.3) is 0 Å². The second-order valence-corrected chi connectivity index (χ2v) is 2.70. The Bertz CT molecular complexity index is 172. The fourth-order valence-corrected chi connectivity index (χ4v) is 0.770. The molecule has 14 heavy (non-hydrogen) atoms. The molecule has 0 spiro atoms. The fraction of sp³-hybridized carbons (Fsp3) is 0.800. The van der Waals surface area contributed by atoms with E-state index in [9.17, 15) is 9.59 Å². The summed E-state index contributed by atoms with van der Waals surface area (Å²) < 4.78 is 0. The molecule has 0 aromatic carbocycles. The van der Waals surface area contributed by atoms with Crippen molar-refractivity contribution < 1.29 is 9.59 Å². The molecule has 0 aliphatic heterocycles. The molecule has 0 radical (unpaired) electrons. The molecule has 0 bridgehead atoms. The third-order valence-corrected chi connectivity index (χ3v) is 1.48. The van der Waals surface area contributed by atoms with Crippen molar-refractivity contribution in [2.75, 3.05) is 6.67 Å². The van der Waals surface area contributed by atoms with E-state index in [0.717, 1.165) is 0 Å². The number of nitrogens with zero attached hydrogens (tertiary/aromatic N) is 2. The fourth-order valence-electron chi connectivity index (χ4n) is 0.770. The largest absolute Gasteiger partial charge is 0.236 e. The quantitative estimate of drug-likeness (QED) is 0.374. The molecule has 0 aliphatic rings. The van der Waals surface area contributed by atoms with Gasteiger partial charge in [-0.1, -0.05) is 46.0 Å². The standard InChI is InChI=1S/C7H16.C3H2N2O2/c1-3-5-7-6-4-2;6-2-4-1-5-3-7/h3-7H2,1-2H3;1H2. The number of hydrogen-bond acceptors (Lipinski definition) is 4.